The summed E-state index contributed by atoms with van der Waals surface area (Å²) in [4.78, 5) is 16.5. The van der Waals surface area contributed by atoms with Crippen molar-refractivity contribution in [2.45, 2.75) is 12.8 Å². The molecule has 0 spiro atoms. The van der Waals surface area contributed by atoms with Gasteiger partial charge in [0, 0.05) is 12.7 Å². The largest absolute Gasteiger partial charge is 0.465 e. The predicted octanol–water partition coefficient (Wildman–Crippen LogP) is 2.36. The van der Waals surface area contributed by atoms with Gasteiger partial charge in [0.25, 0.3) is 0 Å². The average molecular weight is 339 g/mol. The maximum Gasteiger partial charge on any atom is 0.341 e. The Kier molecular flexibility index (Phi) is 5.25. The summed E-state index contributed by atoms with van der Waals surface area (Å²) in [6.07, 6.45) is 5.07. The number of benzene rings is 1. The quantitative estimate of drug-likeness (QED) is 0.507. The maximum atomic E-state index is 12.1. The smallest absolute Gasteiger partial charge is 0.341 e. The number of hydrogen-bond donors (Lipinski definition) is 2. The zero-order valence-corrected chi connectivity index (χ0v) is 14.1. The number of anilines is 1. The maximum absolute atomic E-state index is 12.1. The Bertz CT molecular complexity index is 861. The highest BCUT2D eigenvalue weighted by atomic mass is 16.5. The molecule has 2 heterocycles. The molecule has 1 aromatic carbocycles. The highest BCUT2D eigenvalue weighted by Crippen LogP contribution is 2.28. The molecule has 0 saturated heterocycles. The first-order chi connectivity index (χ1) is 12.3. The molecule has 0 aliphatic heterocycles. The fourth-order valence-corrected chi connectivity index (χ4v) is 2.67. The van der Waals surface area contributed by atoms with E-state index in [2.05, 4.69) is 15.4 Å². The molecular weight excluding hydrogens is 318 g/mol. The summed E-state index contributed by atoms with van der Waals surface area (Å²) in [5, 5.41) is 8.54. The number of hydrogen-bond acceptors (Lipinski definition) is 6. The standard InChI is InChI=1S/C18H21N5O2/c1-25-18(24)15-11-21-17-14(16(15)20-10-6-5-9-19)12-22-23(17)13-7-3-2-4-8-13/h2-4,7-8,11-12H,5-6,9-10,19H2,1H3,(H,20,21). The van der Waals surface area contributed by atoms with Crippen LogP contribution in [0.1, 0.15) is 23.2 Å². The number of pyridine rings is 1. The molecule has 0 amide bonds. The molecule has 0 fully saturated rings. The first kappa shape index (κ1) is 16.9. The Morgan fingerprint density at radius 2 is 2.04 bits per heavy atom. The first-order valence-electron chi connectivity index (χ1n) is 8.20. The number of fused-ring (bicyclic) bond motifs is 1. The molecule has 0 radical (unpaired) electrons. The number of unbranched alkanes of at least 4 members (excludes halogenated alkanes) is 1. The number of aromatic nitrogens is 3. The molecule has 2 aromatic heterocycles. The minimum Gasteiger partial charge on any atom is -0.465 e. The topological polar surface area (TPSA) is 95.1 Å². The Hall–Kier alpha value is -2.93. The van der Waals surface area contributed by atoms with Crippen LogP contribution in [0.2, 0.25) is 0 Å². The number of esters is 1. The number of ether oxygens (including phenoxy) is 1. The highest BCUT2D eigenvalue weighted by molar-refractivity contribution is 6.04. The van der Waals surface area contributed by atoms with Crippen LogP contribution in [0.25, 0.3) is 16.7 Å². The third kappa shape index (κ3) is 3.46. The van der Waals surface area contributed by atoms with Gasteiger partial charge in [-0.25, -0.2) is 14.5 Å². The minimum absolute atomic E-state index is 0.398. The van der Waals surface area contributed by atoms with Crippen LogP contribution in [0.15, 0.2) is 42.7 Å². The van der Waals surface area contributed by atoms with E-state index in [4.69, 9.17) is 10.5 Å². The predicted molar refractivity (Wildman–Crippen MR) is 97.0 cm³/mol. The summed E-state index contributed by atoms with van der Waals surface area (Å²) >= 11 is 0. The van der Waals surface area contributed by atoms with E-state index < -0.39 is 5.97 Å². The van der Waals surface area contributed by atoms with Crippen molar-refractivity contribution in [1.82, 2.24) is 14.8 Å². The number of carbonyl (C=O) groups is 1. The van der Waals surface area contributed by atoms with Crippen LogP contribution in [-0.2, 0) is 4.74 Å². The third-order valence-corrected chi connectivity index (χ3v) is 3.94. The van der Waals surface area contributed by atoms with Crippen LogP contribution >= 0.6 is 0 Å². The van der Waals surface area contributed by atoms with Gasteiger partial charge in [0.1, 0.15) is 5.56 Å². The van der Waals surface area contributed by atoms with Crippen molar-refractivity contribution in [2.75, 3.05) is 25.5 Å². The zero-order chi connectivity index (χ0) is 17.6. The van der Waals surface area contributed by atoms with Crippen LogP contribution in [0, 0.1) is 0 Å². The van der Waals surface area contributed by atoms with Crippen LogP contribution in [0.4, 0.5) is 5.69 Å². The van der Waals surface area contributed by atoms with Crippen LogP contribution in [0.5, 0.6) is 0 Å². The lowest BCUT2D eigenvalue weighted by molar-refractivity contribution is 0.0601. The molecule has 3 aromatic rings. The summed E-state index contributed by atoms with van der Waals surface area (Å²) in [6, 6.07) is 9.74. The van der Waals surface area contributed by atoms with E-state index in [1.807, 2.05) is 30.3 Å². The van der Waals surface area contributed by atoms with Gasteiger partial charge in [0.15, 0.2) is 5.65 Å². The normalized spacial score (nSPS) is 10.8. The summed E-state index contributed by atoms with van der Waals surface area (Å²) in [5.74, 6) is -0.428. The molecule has 0 aliphatic carbocycles. The summed E-state index contributed by atoms with van der Waals surface area (Å²) < 4.78 is 6.63. The van der Waals surface area contributed by atoms with Crippen LogP contribution in [-0.4, -0.2) is 40.9 Å². The highest BCUT2D eigenvalue weighted by Gasteiger charge is 2.18. The number of rotatable bonds is 7. The van der Waals surface area contributed by atoms with E-state index in [-0.39, 0.29) is 0 Å². The molecule has 25 heavy (non-hydrogen) atoms. The molecule has 0 unspecified atom stereocenters. The summed E-state index contributed by atoms with van der Waals surface area (Å²) in [7, 11) is 1.36. The van der Waals surface area contributed by atoms with Gasteiger partial charge in [-0.05, 0) is 31.5 Å². The van der Waals surface area contributed by atoms with Crippen LogP contribution in [0.3, 0.4) is 0 Å². The van der Waals surface area contributed by atoms with E-state index in [9.17, 15) is 4.79 Å². The van der Waals surface area contributed by atoms with Crippen molar-refractivity contribution in [2.24, 2.45) is 5.73 Å². The fraction of sp³-hybridized carbons (Fsp3) is 0.278. The van der Waals surface area contributed by atoms with E-state index >= 15 is 0 Å². The lowest BCUT2D eigenvalue weighted by Crippen LogP contribution is -2.12. The van der Waals surface area contributed by atoms with Gasteiger partial charge in [0.05, 0.1) is 30.1 Å². The molecule has 0 bridgehead atoms. The monoisotopic (exact) mass is 339 g/mol. The number of nitrogens with zero attached hydrogens (tertiary/aromatic N) is 3. The summed E-state index contributed by atoms with van der Waals surface area (Å²) in [5.41, 5.74) is 8.22. The first-order valence-corrected chi connectivity index (χ1v) is 8.20. The zero-order valence-electron chi connectivity index (χ0n) is 14.1. The van der Waals surface area contributed by atoms with Crippen molar-refractivity contribution in [3.63, 3.8) is 0 Å². The van der Waals surface area contributed by atoms with Crippen molar-refractivity contribution in [3.8, 4) is 5.69 Å². The molecule has 0 atom stereocenters. The molecule has 7 nitrogen and oxygen atoms in total. The fourth-order valence-electron chi connectivity index (χ4n) is 2.67. The van der Waals surface area contributed by atoms with Crippen molar-refractivity contribution < 1.29 is 9.53 Å². The number of carbonyl (C=O) groups excluding carboxylic acids is 1. The number of para-hydroxylation sites is 1. The second-order valence-corrected chi connectivity index (χ2v) is 5.59. The SMILES string of the molecule is COC(=O)c1cnc2c(cnn2-c2ccccc2)c1NCCCCN. The second kappa shape index (κ2) is 7.76. The van der Waals surface area contributed by atoms with Gasteiger partial charge >= 0.3 is 5.97 Å². The third-order valence-electron chi connectivity index (χ3n) is 3.94. The second-order valence-electron chi connectivity index (χ2n) is 5.59. The van der Waals surface area contributed by atoms with E-state index in [1.54, 1.807) is 10.9 Å². The van der Waals surface area contributed by atoms with Gasteiger partial charge < -0.3 is 15.8 Å². The number of methoxy groups -OCH3 is 1. The lowest BCUT2D eigenvalue weighted by atomic mass is 10.1. The Morgan fingerprint density at radius 1 is 1.24 bits per heavy atom. The average Bonchev–Trinajstić information content (AvgIpc) is 3.09. The van der Waals surface area contributed by atoms with Gasteiger partial charge in [-0.3, -0.25) is 0 Å². The number of nitrogens with two attached hydrogens (primary N) is 1. The van der Waals surface area contributed by atoms with Gasteiger partial charge in [-0.2, -0.15) is 5.10 Å². The van der Waals surface area contributed by atoms with E-state index in [0.29, 0.717) is 30.0 Å². The van der Waals surface area contributed by atoms with Gasteiger partial charge in [-0.1, -0.05) is 18.2 Å². The molecule has 0 saturated carbocycles. The van der Waals surface area contributed by atoms with Gasteiger partial charge in [-0.15, -0.1) is 0 Å². The minimum atomic E-state index is -0.428. The Morgan fingerprint density at radius 3 is 2.76 bits per heavy atom. The molecule has 0 aliphatic rings. The molecule has 3 rings (SSSR count). The Balaban J connectivity index is 2.05. The molecule has 130 valence electrons. The summed E-state index contributed by atoms with van der Waals surface area (Å²) in [6.45, 7) is 1.35. The lowest BCUT2D eigenvalue weighted by Gasteiger charge is -2.12. The van der Waals surface area contributed by atoms with Crippen LogP contribution < -0.4 is 11.1 Å². The molecule has 3 N–H and O–H groups in total. The van der Waals surface area contributed by atoms with Crippen molar-refractivity contribution in [1.29, 1.82) is 0 Å². The van der Waals surface area contributed by atoms with Gasteiger partial charge in [0.2, 0.25) is 0 Å². The van der Waals surface area contributed by atoms with Crippen molar-refractivity contribution in [3.05, 3.63) is 48.3 Å². The number of nitrogens with one attached hydrogen (secondary N) is 1. The molecular formula is C18H21N5O2. The molecule has 7 heteroatoms. The van der Waals surface area contributed by atoms with E-state index in [1.165, 1.54) is 13.3 Å². The Labute approximate surface area is 145 Å². The van der Waals surface area contributed by atoms with E-state index in [0.717, 1.165) is 23.9 Å². The van der Waals surface area contributed by atoms with Crippen molar-refractivity contribution >= 4 is 22.7 Å².